The van der Waals surface area contributed by atoms with E-state index in [0.29, 0.717) is 6.04 Å². The van der Waals surface area contributed by atoms with Crippen LogP contribution in [0.3, 0.4) is 0 Å². The second-order valence-corrected chi connectivity index (χ2v) is 7.26. The van der Waals surface area contributed by atoms with Crippen molar-refractivity contribution in [2.75, 3.05) is 13.1 Å². The molecule has 0 aromatic carbocycles. The fourth-order valence-electron chi connectivity index (χ4n) is 3.50. The zero-order chi connectivity index (χ0) is 13.8. The molecule has 0 aliphatic carbocycles. The normalized spacial score (nSPS) is 22.6. The predicted octanol–water partition coefficient (Wildman–Crippen LogP) is 4.02. The van der Waals surface area contributed by atoms with Gasteiger partial charge in [0.15, 0.2) is 0 Å². The van der Waals surface area contributed by atoms with Crippen LogP contribution in [0.5, 0.6) is 0 Å². The molecule has 19 heavy (non-hydrogen) atoms. The Hall–Kier alpha value is -0.380. The van der Waals surface area contributed by atoms with E-state index >= 15 is 0 Å². The van der Waals surface area contributed by atoms with Gasteiger partial charge in [-0.3, -0.25) is 4.90 Å². The van der Waals surface area contributed by atoms with Crippen molar-refractivity contribution in [2.24, 2.45) is 5.73 Å². The minimum atomic E-state index is 0.432. The molecule has 3 heteroatoms. The maximum atomic E-state index is 6.14. The molecule has 2 atom stereocenters. The third-order valence-electron chi connectivity index (χ3n) is 4.36. The Bertz CT molecular complexity index is 397. The average Bonchev–Trinajstić information content (AvgIpc) is 2.72. The molecule has 2 N–H and O–H groups in total. The van der Waals surface area contributed by atoms with E-state index in [4.69, 9.17) is 5.73 Å². The first-order valence-electron chi connectivity index (χ1n) is 7.70. The molecule has 0 saturated carbocycles. The predicted molar refractivity (Wildman–Crippen MR) is 84.8 cm³/mol. The molecule has 2 rings (SSSR count). The number of hydrogen-bond donors (Lipinski definition) is 1. The van der Waals surface area contributed by atoms with E-state index in [2.05, 4.69) is 31.7 Å². The topological polar surface area (TPSA) is 29.3 Å². The Balaban J connectivity index is 2.21. The lowest BCUT2D eigenvalue weighted by atomic mass is 9.94. The third kappa shape index (κ3) is 3.39. The summed E-state index contributed by atoms with van der Waals surface area (Å²) >= 11 is 1.91. The van der Waals surface area contributed by atoms with Gasteiger partial charge in [-0.2, -0.15) is 0 Å². The summed E-state index contributed by atoms with van der Waals surface area (Å²) in [5.74, 6) is 0. The summed E-state index contributed by atoms with van der Waals surface area (Å²) in [7, 11) is 0. The molecule has 1 aliphatic heterocycles. The van der Waals surface area contributed by atoms with E-state index in [1.54, 1.807) is 0 Å². The SMILES string of the molecule is CCCC1CCCCN1C(CN)c1cc(C)sc1C. The van der Waals surface area contributed by atoms with Crippen molar-refractivity contribution >= 4 is 11.3 Å². The zero-order valence-corrected chi connectivity index (χ0v) is 13.4. The van der Waals surface area contributed by atoms with Crippen LogP contribution in [0.15, 0.2) is 6.07 Å². The zero-order valence-electron chi connectivity index (χ0n) is 12.6. The lowest BCUT2D eigenvalue weighted by molar-refractivity contribution is 0.0912. The molecule has 2 heterocycles. The summed E-state index contributed by atoms with van der Waals surface area (Å²) in [6.45, 7) is 8.71. The second kappa shape index (κ2) is 6.87. The van der Waals surface area contributed by atoms with Gasteiger partial charge in [-0.25, -0.2) is 0 Å². The third-order valence-corrected chi connectivity index (χ3v) is 5.34. The van der Waals surface area contributed by atoms with Gasteiger partial charge in [0.25, 0.3) is 0 Å². The molecule has 1 fully saturated rings. The van der Waals surface area contributed by atoms with Crippen LogP contribution in [-0.2, 0) is 0 Å². The Morgan fingerprint density at radius 2 is 2.21 bits per heavy atom. The van der Waals surface area contributed by atoms with Crippen molar-refractivity contribution in [3.63, 3.8) is 0 Å². The van der Waals surface area contributed by atoms with Crippen LogP contribution in [0.4, 0.5) is 0 Å². The summed E-state index contributed by atoms with van der Waals surface area (Å²) in [6, 6.07) is 3.53. The average molecular weight is 280 g/mol. The molecule has 1 aromatic rings. The molecule has 1 aromatic heterocycles. The number of rotatable bonds is 5. The molecule has 108 valence electrons. The maximum Gasteiger partial charge on any atom is 0.0484 e. The van der Waals surface area contributed by atoms with E-state index in [0.717, 1.165) is 12.6 Å². The summed E-state index contributed by atoms with van der Waals surface area (Å²) in [4.78, 5) is 5.56. The highest BCUT2D eigenvalue weighted by atomic mass is 32.1. The number of nitrogens with two attached hydrogens (primary N) is 1. The minimum Gasteiger partial charge on any atom is -0.329 e. The van der Waals surface area contributed by atoms with E-state index in [9.17, 15) is 0 Å². The Kier molecular flexibility index (Phi) is 5.43. The number of nitrogens with zero attached hydrogens (tertiary/aromatic N) is 1. The van der Waals surface area contributed by atoms with Gasteiger partial charge >= 0.3 is 0 Å². The highest BCUT2D eigenvalue weighted by molar-refractivity contribution is 7.12. The van der Waals surface area contributed by atoms with Crippen molar-refractivity contribution in [3.05, 3.63) is 21.4 Å². The summed E-state index contributed by atoms with van der Waals surface area (Å²) < 4.78 is 0. The van der Waals surface area contributed by atoms with Gasteiger partial charge in [-0.1, -0.05) is 19.8 Å². The van der Waals surface area contributed by atoms with Gasteiger partial charge in [0.1, 0.15) is 0 Å². The smallest absolute Gasteiger partial charge is 0.0484 e. The second-order valence-electron chi connectivity index (χ2n) is 5.80. The lowest BCUT2D eigenvalue weighted by Crippen LogP contribution is -2.44. The van der Waals surface area contributed by atoms with Gasteiger partial charge in [0.2, 0.25) is 0 Å². The van der Waals surface area contributed by atoms with Crippen LogP contribution >= 0.6 is 11.3 Å². The number of aryl methyl sites for hydroxylation is 2. The lowest BCUT2D eigenvalue weighted by Gasteiger charge is -2.41. The van der Waals surface area contributed by atoms with Crippen molar-refractivity contribution in [3.8, 4) is 0 Å². The quantitative estimate of drug-likeness (QED) is 0.882. The molecule has 0 bridgehead atoms. The Morgan fingerprint density at radius 3 is 2.79 bits per heavy atom. The molecule has 2 nitrogen and oxygen atoms in total. The first-order chi connectivity index (χ1) is 9.17. The molecular weight excluding hydrogens is 252 g/mol. The fourth-order valence-corrected chi connectivity index (χ4v) is 4.48. The summed E-state index contributed by atoms with van der Waals surface area (Å²) in [6.07, 6.45) is 6.67. The van der Waals surface area contributed by atoms with E-state index < -0.39 is 0 Å². The first-order valence-corrected chi connectivity index (χ1v) is 8.51. The van der Waals surface area contributed by atoms with E-state index in [1.807, 2.05) is 11.3 Å². The van der Waals surface area contributed by atoms with Gasteiger partial charge < -0.3 is 5.73 Å². The molecule has 0 amide bonds. The first kappa shape index (κ1) is 15.0. The summed E-state index contributed by atoms with van der Waals surface area (Å²) in [5.41, 5.74) is 7.61. The molecule has 0 radical (unpaired) electrons. The van der Waals surface area contributed by atoms with E-state index in [1.165, 1.54) is 54.0 Å². The van der Waals surface area contributed by atoms with Crippen molar-refractivity contribution in [1.82, 2.24) is 4.90 Å². The van der Waals surface area contributed by atoms with Crippen molar-refractivity contribution in [2.45, 2.75) is 65.0 Å². The van der Waals surface area contributed by atoms with Crippen LogP contribution < -0.4 is 5.73 Å². The molecule has 1 saturated heterocycles. The number of thiophene rings is 1. The number of piperidine rings is 1. The Morgan fingerprint density at radius 1 is 1.42 bits per heavy atom. The van der Waals surface area contributed by atoms with Crippen LogP contribution in [0.25, 0.3) is 0 Å². The molecule has 1 aliphatic rings. The highest BCUT2D eigenvalue weighted by Gasteiger charge is 2.29. The van der Waals surface area contributed by atoms with E-state index in [-0.39, 0.29) is 0 Å². The maximum absolute atomic E-state index is 6.14. The van der Waals surface area contributed by atoms with Gasteiger partial charge in [0, 0.05) is 28.4 Å². The largest absolute Gasteiger partial charge is 0.329 e. The van der Waals surface area contributed by atoms with Gasteiger partial charge in [-0.15, -0.1) is 11.3 Å². The fraction of sp³-hybridized carbons (Fsp3) is 0.750. The van der Waals surface area contributed by atoms with Gasteiger partial charge in [-0.05, 0) is 51.3 Å². The molecule has 0 spiro atoms. The van der Waals surface area contributed by atoms with Crippen LogP contribution in [0, 0.1) is 13.8 Å². The van der Waals surface area contributed by atoms with Crippen LogP contribution in [-0.4, -0.2) is 24.0 Å². The highest BCUT2D eigenvalue weighted by Crippen LogP contribution is 2.34. The monoisotopic (exact) mass is 280 g/mol. The Labute approximate surface area is 122 Å². The number of hydrogen-bond acceptors (Lipinski definition) is 3. The van der Waals surface area contributed by atoms with Crippen molar-refractivity contribution < 1.29 is 0 Å². The standard InChI is InChI=1S/C16H28N2S/c1-4-7-14-8-5-6-9-18(14)16(11-17)15-10-12(2)19-13(15)3/h10,14,16H,4-9,11,17H2,1-3H3. The van der Waals surface area contributed by atoms with Crippen LogP contribution in [0.1, 0.15) is 60.4 Å². The minimum absolute atomic E-state index is 0.432. The summed E-state index contributed by atoms with van der Waals surface area (Å²) in [5, 5.41) is 0. The number of likely N-dealkylation sites (tertiary alicyclic amines) is 1. The molecule has 2 unspecified atom stereocenters. The molecular formula is C16H28N2S. The van der Waals surface area contributed by atoms with Crippen molar-refractivity contribution in [1.29, 1.82) is 0 Å². The van der Waals surface area contributed by atoms with Crippen LogP contribution in [0.2, 0.25) is 0 Å². The van der Waals surface area contributed by atoms with Gasteiger partial charge in [0.05, 0.1) is 0 Å².